The van der Waals surface area contributed by atoms with Gasteiger partial charge in [-0.25, -0.2) is 15.0 Å². The number of thioether (sulfide) groups is 1. The van der Waals surface area contributed by atoms with Gasteiger partial charge in [-0.3, -0.25) is 34.1 Å². The standard InChI is InChI=1S/C46H56N12O5S2/c1-6-32-42(65-28(4)49-32)36(59)26-39-50-34-23-30(44(48)61)25-38(64-5)41(34)56(39)14-8-9-15-57-40-33(51-46(57)52-45(62)35-21-27(3)53-58(35)7-2)22-29(43(47)60)24-37(40)63-20-10-13-54-16-18-55(19-17-54)31-11-12-31/h8-9,21-25,31H,6-7,10-20,26H2,1-5H3,(H2,47,60)(H2,48,61)(H,51,52,62)/b9-8+. The van der Waals surface area contributed by atoms with Crippen molar-refractivity contribution in [2.75, 3.05) is 50.9 Å². The van der Waals surface area contributed by atoms with Crippen molar-refractivity contribution in [3.05, 3.63) is 86.4 Å². The van der Waals surface area contributed by atoms with Crippen LogP contribution in [0.3, 0.4) is 0 Å². The molecule has 65 heavy (non-hydrogen) atoms. The van der Waals surface area contributed by atoms with E-state index in [0.29, 0.717) is 76.1 Å². The van der Waals surface area contributed by atoms with E-state index in [-0.39, 0.29) is 30.3 Å². The van der Waals surface area contributed by atoms with Crippen molar-refractivity contribution in [3.63, 3.8) is 0 Å². The predicted molar refractivity (Wildman–Crippen MR) is 253 cm³/mol. The first-order chi connectivity index (χ1) is 31.3. The number of hydrogen-bond acceptors (Lipinski definition) is 13. The molecule has 1 saturated carbocycles. The molecule has 1 saturated heterocycles. The van der Waals surface area contributed by atoms with Crippen LogP contribution in [0.5, 0.6) is 5.75 Å². The van der Waals surface area contributed by atoms with Gasteiger partial charge in [-0.2, -0.15) is 5.10 Å². The Balaban J connectivity index is 1.12. The number of Topliss-reactive ketones (excluding diaryl/α,β-unsaturated/α-hetero) is 1. The van der Waals surface area contributed by atoms with Crippen LogP contribution in [0.1, 0.15) is 96.2 Å². The van der Waals surface area contributed by atoms with Crippen LogP contribution < -0.4 is 21.5 Å². The Morgan fingerprint density at radius 2 is 1.58 bits per heavy atom. The second-order valence-corrected chi connectivity index (χ2v) is 18.5. The Kier molecular flexibility index (Phi) is 13.8. The van der Waals surface area contributed by atoms with Crippen LogP contribution in [-0.2, 0) is 32.5 Å². The number of benzene rings is 2. The molecule has 0 unspecified atom stereocenters. The molecule has 2 fully saturated rings. The molecule has 342 valence electrons. The molecule has 2 aromatic carbocycles. The molecule has 6 aromatic rings. The van der Waals surface area contributed by atoms with Gasteiger partial charge < -0.3 is 30.2 Å². The van der Waals surface area contributed by atoms with E-state index >= 15 is 0 Å². The van der Waals surface area contributed by atoms with Crippen molar-refractivity contribution >= 4 is 74.6 Å². The third-order valence-electron chi connectivity index (χ3n) is 11.9. The number of imidazole rings is 2. The number of primary amides is 2. The average molecular weight is 921 g/mol. The number of carbonyl (C=O) groups excluding carboxylic acids is 4. The summed E-state index contributed by atoms with van der Waals surface area (Å²) in [7, 11) is 0. The third kappa shape index (κ3) is 10.0. The van der Waals surface area contributed by atoms with Crippen molar-refractivity contribution in [1.29, 1.82) is 0 Å². The molecule has 17 nitrogen and oxygen atoms in total. The van der Waals surface area contributed by atoms with Gasteiger partial charge in [-0.15, -0.1) is 23.1 Å². The number of aromatic nitrogens is 7. The van der Waals surface area contributed by atoms with Crippen LogP contribution in [-0.4, -0.2) is 119 Å². The molecule has 1 aliphatic carbocycles. The van der Waals surface area contributed by atoms with Crippen LogP contribution in [0.2, 0.25) is 0 Å². The lowest BCUT2D eigenvalue weighted by molar-refractivity contribution is 0.0986. The van der Waals surface area contributed by atoms with Crippen LogP contribution in [0.15, 0.2) is 47.4 Å². The molecule has 8 rings (SSSR count). The Labute approximate surface area is 385 Å². The van der Waals surface area contributed by atoms with Crippen LogP contribution >= 0.6 is 23.1 Å². The summed E-state index contributed by atoms with van der Waals surface area (Å²) in [4.78, 5) is 73.6. The Bertz CT molecular complexity index is 2810. The number of thiazole rings is 1. The van der Waals surface area contributed by atoms with Crippen molar-refractivity contribution in [3.8, 4) is 5.75 Å². The molecule has 3 amide bonds. The van der Waals surface area contributed by atoms with Gasteiger partial charge in [0.25, 0.3) is 5.91 Å². The lowest BCUT2D eigenvalue weighted by Gasteiger charge is -2.34. The highest BCUT2D eigenvalue weighted by atomic mass is 32.2. The Morgan fingerprint density at radius 1 is 0.892 bits per heavy atom. The highest BCUT2D eigenvalue weighted by Crippen LogP contribution is 2.33. The summed E-state index contributed by atoms with van der Waals surface area (Å²) in [5.41, 5.74) is 16.3. The van der Waals surface area contributed by atoms with E-state index in [1.54, 1.807) is 35.0 Å². The molecule has 0 radical (unpaired) electrons. The number of anilines is 1. The number of hydrogen-bond donors (Lipinski definition) is 3. The molecule has 2 aliphatic rings. The van der Waals surface area contributed by atoms with Gasteiger partial charge in [-0.1, -0.05) is 19.1 Å². The van der Waals surface area contributed by atoms with Gasteiger partial charge in [-0.05, 0) is 83.0 Å². The first-order valence-corrected chi connectivity index (χ1v) is 24.2. The van der Waals surface area contributed by atoms with E-state index in [4.69, 9.17) is 26.2 Å². The molecular weight excluding hydrogens is 865 g/mol. The van der Waals surface area contributed by atoms with Crippen molar-refractivity contribution in [1.82, 2.24) is 43.7 Å². The van der Waals surface area contributed by atoms with Gasteiger partial charge in [0.05, 0.1) is 50.9 Å². The number of rotatable bonds is 20. The molecular formula is C46H56N12O5S2. The van der Waals surface area contributed by atoms with Gasteiger partial charge in [0.1, 0.15) is 22.8 Å². The summed E-state index contributed by atoms with van der Waals surface area (Å²) in [5, 5.41) is 8.29. The number of ether oxygens (including phenoxy) is 1. The van der Waals surface area contributed by atoms with Crippen LogP contribution in [0.25, 0.3) is 22.1 Å². The summed E-state index contributed by atoms with van der Waals surface area (Å²) < 4.78 is 12.0. The van der Waals surface area contributed by atoms with E-state index in [9.17, 15) is 19.2 Å². The van der Waals surface area contributed by atoms with Gasteiger partial charge in [0.15, 0.2) is 5.78 Å². The maximum absolute atomic E-state index is 13.9. The van der Waals surface area contributed by atoms with E-state index in [1.807, 2.05) is 55.2 Å². The SMILES string of the molecule is CCc1nc(C)sc1C(=O)Cc1nc2cc(C(N)=O)cc(SC)c2n1C/C=C/Cn1c(NC(=O)c2cc(C)nn2CC)nc2cc(C(N)=O)cc(OCCCN3CCN(C4CC4)CC3)c21. The quantitative estimate of drug-likeness (QED) is 0.0367. The third-order valence-corrected chi connectivity index (χ3v) is 13.7. The number of nitrogens with one attached hydrogen (secondary N) is 1. The topological polar surface area (TPSA) is 214 Å². The summed E-state index contributed by atoms with van der Waals surface area (Å²) >= 11 is 2.84. The Hall–Kier alpha value is -5.89. The Morgan fingerprint density at radius 3 is 2.25 bits per heavy atom. The maximum Gasteiger partial charge on any atom is 0.276 e. The van der Waals surface area contributed by atoms with E-state index in [2.05, 4.69) is 25.2 Å². The number of carbonyl (C=O) groups is 4. The smallest absolute Gasteiger partial charge is 0.276 e. The predicted octanol–water partition coefficient (Wildman–Crippen LogP) is 5.64. The normalized spacial score (nSPS) is 14.8. The fourth-order valence-corrected chi connectivity index (χ4v) is 10.2. The molecule has 5 heterocycles. The molecule has 0 bridgehead atoms. The molecule has 5 N–H and O–H groups in total. The lowest BCUT2D eigenvalue weighted by atomic mass is 10.1. The second kappa shape index (κ2) is 19.7. The number of aryl methyl sites for hydroxylation is 4. The number of allylic oxidation sites excluding steroid dienone is 2. The largest absolute Gasteiger partial charge is 0.491 e. The molecule has 0 spiro atoms. The highest BCUT2D eigenvalue weighted by Gasteiger charge is 2.31. The molecule has 19 heteroatoms. The zero-order chi connectivity index (χ0) is 45.9. The van der Waals surface area contributed by atoms with Crippen molar-refractivity contribution in [2.24, 2.45) is 11.5 Å². The van der Waals surface area contributed by atoms with Crippen molar-refractivity contribution in [2.45, 2.75) is 90.4 Å². The minimum absolute atomic E-state index is 0.0204. The van der Waals surface area contributed by atoms with Gasteiger partial charge in [0.2, 0.25) is 17.8 Å². The highest BCUT2D eigenvalue weighted by molar-refractivity contribution is 7.98. The maximum atomic E-state index is 13.9. The zero-order valence-corrected chi connectivity index (χ0v) is 39.2. The minimum Gasteiger partial charge on any atom is -0.491 e. The van der Waals surface area contributed by atoms with E-state index in [1.165, 1.54) is 35.9 Å². The van der Waals surface area contributed by atoms with E-state index in [0.717, 1.165) is 66.3 Å². The summed E-state index contributed by atoms with van der Waals surface area (Å²) in [6.07, 6.45) is 9.87. The summed E-state index contributed by atoms with van der Waals surface area (Å²) in [5.74, 6) is -0.481. The van der Waals surface area contributed by atoms with Crippen LogP contribution in [0.4, 0.5) is 5.95 Å². The molecule has 1 aliphatic heterocycles. The number of amides is 3. The number of nitrogens with two attached hydrogens (primary N) is 2. The second-order valence-electron chi connectivity index (χ2n) is 16.5. The van der Waals surface area contributed by atoms with Crippen molar-refractivity contribution < 1.29 is 23.9 Å². The summed E-state index contributed by atoms with van der Waals surface area (Å²) in [6.45, 7) is 14.2. The van der Waals surface area contributed by atoms with Crippen LogP contribution in [0, 0.1) is 13.8 Å². The number of ketones is 1. The van der Waals surface area contributed by atoms with Gasteiger partial charge >= 0.3 is 0 Å². The zero-order valence-electron chi connectivity index (χ0n) is 37.6. The summed E-state index contributed by atoms with van der Waals surface area (Å²) in [6, 6.07) is 9.16. The number of nitrogens with zero attached hydrogens (tertiary/aromatic N) is 9. The number of piperazine rings is 1. The first-order valence-electron chi connectivity index (χ1n) is 22.2. The fraction of sp³-hybridized carbons (Fsp3) is 0.435. The number of fused-ring (bicyclic) bond motifs is 2. The average Bonchev–Trinajstić information content (AvgIpc) is 3.63. The van der Waals surface area contributed by atoms with E-state index < -0.39 is 17.7 Å². The first kappa shape index (κ1) is 45.7. The van der Waals surface area contributed by atoms with Gasteiger partial charge in [0, 0.05) is 74.4 Å². The minimum atomic E-state index is -0.626. The molecule has 4 aromatic heterocycles. The lowest BCUT2D eigenvalue weighted by Crippen LogP contribution is -2.47. The monoisotopic (exact) mass is 920 g/mol. The fourth-order valence-electron chi connectivity index (χ4n) is 8.57. The molecule has 0 atom stereocenters.